The van der Waals surface area contributed by atoms with E-state index in [-0.39, 0.29) is 0 Å². The maximum Gasteiger partial charge on any atom is 0.234 e. The van der Waals surface area contributed by atoms with E-state index < -0.39 is 0 Å². The molecule has 0 bridgehead atoms. The fourth-order valence-electron chi connectivity index (χ4n) is 2.77. The first kappa shape index (κ1) is 17.6. The third-order valence-corrected chi connectivity index (χ3v) is 6.96. The lowest BCUT2D eigenvalue weighted by molar-refractivity contribution is 0.677. The Kier molecular flexibility index (Phi) is 5.28. The molecule has 26 heavy (non-hydrogen) atoms. The molecular formula is C17H18N6S3. The molecule has 0 unspecified atom stereocenters. The lowest BCUT2D eigenvalue weighted by Crippen LogP contribution is -2.02. The molecule has 0 saturated heterocycles. The number of hydrogen-bond acceptors (Lipinski definition) is 8. The third kappa shape index (κ3) is 3.65. The molecule has 9 heteroatoms. The molecule has 0 spiro atoms. The summed E-state index contributed by atoms with van der Waals surface area (Å²) in [7, 11) is 0. The number of fused-ring (bicyclic) bond motifs is 1. The minimum atomic E-state index is 0.305. The number of nitrogens with zero attached hydrogens (tertiary/aromatic N) is 6. The molecule has 3 heterocycles. The number of benzene rings is 1. The predicted molar refractivity (Wildman–Crippen MR) is 106 cm³/mol. The highest BCUT2D eigenvalue weighted by Crippen LogP contribution is 2.33. The van der Waals surface area contributed by atoms with Crippen LogP contribution in [-0.2, 0) is 5.75 Å². The summed E-state index contributed by atoms with van der Waals surface area (Å²) < 4.78 is 2.83. The molecule has 0 aliphatic carbocycles. The van der Waals surface area contributed by atoms with Gasteiger partial charge in [-0.2, -0.15) is 9.61 Å². The van der Waals surface area contributed by atoms with Crippen LogP contribution >= 0.6 is 34.4 Å². The van der Waals surface area contributed by atoms with Gasteiger partial charge in [0, 0.05) is 5.92 Å². The number of hydrogen-bond donors (Lipinski definition) is 0. The molecule has 0 amide bonds. The van der Waals surface area contributed by atoms with E-state index in [1.807, 2.05) is 11.4 Å². The second-order valence-electron chi connectivity index (χ2n) is 5.88. The summed E-state index contributed by atoms with van der Waals surface area (Å²) >= 11 is 4.85. The molecule has 134 valence electrons. The summed E-state index contributed by atoms with van der Waals surface area (Å²) in [5.41, 5.74) is 1.31. The van der Waals surface area contributed by atoms with Crippen LogP contribution in [0.4, 0.5) is 0 Å². The molecule has 3 aromatic heterocycles. The quantitative estimate of drug-likeness (QED) is 0.422. The maximum atomic E-state index is 4.85. The number of aromatic nitrogens is 6. The van der Waals surface area contributed by atoms with Crippen LogP contribution in [0.2, 0.25) is 0 Å². The van der Waals surface area contributed by atoms with Crippen molar-refractivity contribution in [2.24, 2.45) is 0 Å². The number of thioether (sulfide) groups is 1. The van der Waals surface area contributed by atoms with Gasteiger partial charge in [-0.15, -0.1) is 20.4 Å². The molecular weight excluding hydrogens is 384 g/mol. The Bertz CT molecular complexity index is 990. The zero-order chi connectivity index (χ0) is 17.9. The fraction of sp³-hybridized carbons (Fsp3) is 0.353. The number of aryl methyl sites for hydroxylation is 1. The highest BCUT2D eigenvalue weighted by Gasteiger charge is 2.20. The molecule has 0 fully saturated rings. The zero-order valence-electron chi connectivity index (χ0n) is 14.5. The van der Waals surface area contributed by atoms with Crippen molar-refractivity contribution in [3.63, 3.8) is 0 Å². The summed E-state index contributed by atoms with van der Waals surface area (Å²) in [5.74, 6) is 1.84. The summed E-state index contributed by atoms with van der Waals surface area (Å²) in [6.45, 7) is 4.17. The van der Waals surface area contributed by atoms with E-state index in [2.05, 4.69) is 57.7 Å². The largest absolute Gasteiger partial charge is 0.234 e. The van der Waals surface area contributed by atoms with Gasteiger partial charge in [0.1, 0.15) is 10.0 Å². The van der Waals surface area contributed by atoms with Crippen LogP contribution in [0, 0.1) is 6.92 Å². The van der Waals surface area contributed by atoms with Crippen LogP contribution < -0.4 is 0 Å². The van der Waals surface area contributed by atoms with Crippen molar-refractivity contribution >= 4 is 39.4 Å². The molecule has 4 rings (SSSR count). The van der Waals surface area contributed by atoms with Crippen LogP contribution in [0.3, 0.4) is 0 Å². The first-order valence-electron chi connectivity index (χ1n) is 8.43. The van der Waals surface area contributed by atoms with Gasteiger partial charge < -0.3 is 0 Å². The molecule has 0 aliphatic heterocycles. The normalized spacial score (nSPS) is 12.7. The van der Waals surface area contributed by atoms with Crippen molar-refractivity contribution in [1.29, 1.82) is 0 Å². The minimum Gasteiger partial charge on any atom is -0.186 e. The van der Waals surface area contributed by atoms with Crippen LogP contribution in [0.25, 0.3) is 4.96 Å². The van der Waals surface area contributed by atoms with Gasteiger partial charge in [0.15, 0.2) is 10.2 Å². The summed E-state index contributed by atoms with van der Waals surface area (Å²) in [6, 6.07) is 10.6. The Labute approximate surface area is 163 Å². The fourth-order valence-corrected chi connectivity index (χ4v) is 5.51. The van der Waals surface area contributed by atoms with Gasteiger partial charge in [-0.1, -0.05) is 78.1 Å². The third-order valence-electron chi connectivity index (χ3n) is 3.98. The Balaban J connectivity index is 1.59. The zero-order valence-corrected chi connectivity index (χ0v) is 16.9. The first-order chi connectivity index (χ1) is 12.7. The summed E-state index contributed by atoms with van der Waals surface area (Å²) in [5, 5.41) is 23.7. The highest BCUT2D eigenvalue weighted by molar-refractivity contribution is 8.00. The topological polar surface area (TPSA) is 68.9 Å². The molecule has 0 N–H and O–H groups in total. The van der Waals surface area contributed by atoms with Crippen molar-refractivity contribution in [3.8, 4) is 0 Å². The first-order valence-corrected chi connectivity index (χ1v) is 11.1. The van der Waals surface area contributed by atoms with E-state index in [9.17, 15) is 0 Å². The van der Waals surface area contributed by atoms with Crippen LogP contribution in [0.15, 0.2) is 34.7 Å². The van der Waals surface area contributed by atoms with Gasteiger partial charge in [0.05, 0.1) is 5.75 Å². The predicted octanol–water partition coefficient (Wildman–Crippen LogP) is 4.57. The minimum absolute atomic E-state index is 0.305. The van der Waals surface area contributed by atoms with Crippen LogP contribution in [0.5, 0.6) is 0 Å². The molecule has 0 aliphatic rings. The SMILES string of the molecule is CCC[C@H](c1ccccc1)c1nn2c(CSc3nnc(C)s3)nnc2s1. The number of rotatable bonds is 7. The van der Waals surface area contributed by atoms with Crippen molar-refractivity contribution in [2.45, 2.75) is 42.7 Å². The van der Waals surface area contributed by atoms with Gasteiger partial charge in [0.2, 0.25) is 4.96 Å². The van der Waals surface area contributed by atoms with E-state index >= 15 is 0 Å². The average molecular weight is 403 g/mol. The molecule has 6 nitrogen and oxygen atoms in total. The van der Waals surface area contributed by atoms with E-state index in [1.165, 1.54) is 5.56 Å². The van der Waals surface area contributed by atoms with Crippen molar-refractivity contribution in [3.05, 3.63) is 51.7 Å². The van der Waals surface area contributed by atoms with E-state index in [1.54, 1.807) is 34.4 Å². The Morgan fingerprint density at radius 2 is 1.92 bits per heavy atom. The monoisotopic (exact) mass is 402 g/mol. The molecule has 0 radical (unpaired) electrons. The Hall–Kier alpha value is -1.84. The molecule has 0 saturated carbocycles. The second-order valence-corrected chi connectivity index (χ2v) is 9.27. The van der Waals surface area contributed by atoms with Crippen LogP contribution in [0.1, 0.15) is 47.1 Å². The van der Waals surface area contributed by atoms with Crippen molar-refractivity contribution < 1.29 is 0 Å². The van der Waals surface area contributed by atoms with E-state index in [0.29, 0.717) is 11.7 Å². The molecule has 1 atom stereocenters. The summed E-state index contributed by atoms with van der Waals surface area (Å²) in [4.78, 5) is 0.848. The Morgan fingerprint density at radius 3 is 2.65 bits per heavy atom. The van der Waals surface area contributed by atoms with E-state index in [0.717, 1.165) is 38.0 Å². The van der Waals surface area contributed by atoms with Gasteiger partial charge in [-0.25, -0.2) is 0 Å². The van der Waals surface area contributed by atoms with Crippen molar-refractivity contribution in [1.82, 2.24) is 30.0 Å². The smallest absolute Gasteiger partial charge is 0.186 e. The Morgan fingerprint density at radius 1 is 1.08 bits per heavy atom. The lowest BCUT2D eigenvalue weighted by Gasteiger charge is -2.13. The molecule has 1 aromatic carbocycles. The van der Waals surface area contributed by atoms with Gasteiger partial charge in [0.25, 0.3) is 0 Å². The standard InChI is InChI=1S/C17H18N6S3/c1-3-7-13(12-8-5-4-6-9-12)15-22-23-14(19-20-16(23)26-15)10-24-17-21-18-11(2)25-17/h4-6,8-9,13H,3,7,10H2,1-2H3/t13-/m1/s1. The van der Waals surface area contributed by atoms with Crippen LogP contribution in [-0.4, -0.2) is 30.0 Å². The van der Waals surface area contributed by atoms with Gasteiger partial charge in [-0.3, -0.25) is 0 Å². The maximum absolute atomic E-state index is 4.85. The van der Waals surface area contributed by atoms with Crippen molar-refractivity contribution in [2.75, 3.05) is 0 Å². The lowest BCUT2D eigenvalue weighted by atomic mass is 9.95. The average Bonchev–Trinajstić information content (AvgIpc) is 3.35. The molecule has 4 aromatic rings. The highest BCUT2D eigenvalue weighted by atomic mass is 32.2. The second kappa shape index (κ2) is 7.81. The van der Waals surface area contributed by atoms with Gasteiger partial charge in [-0.05, 0) is 18.9 Å². The summed E-state index contributed by atoms with van der Waals surface area (Å²) in [6.07, 6.45) is 2.18. The van der Waals surface area contributed by atoms with Gasteiger partial charge >= 0.3 is 0 Å². The van der Waals surface area contributed by atoms with E-state index in [4.69, 9.17) is 5.10 Å².